The topological polar surface area (TPSA) is 53.1 Å². The largest absolute Gasteiger partial charge is 0.491 e. The molecule has 6 heteroatoms. The van der Waals surface area contributed by atoms with Crippen molar-refractivity contribution in [2.24, 2.45) is 0 Å². The average Bonchev–Trinajstić information content (AvgIpc) is 2.55. The van der Waals surface area contributed by atoms with Crippen molar-refractivity contribution in [2.75, 3.05) is 33.7 Å². The Morgan fingerprint density at radius 1 is 1.24 bits per heavy atom. The molecule has 138 valence electrons. The zero-order valence-corrected chi connectivity index (χ0v) is 15.9. The Kier molecular flexibility index (Phi) is 6.42. The fraction of sp³-hybridized carbons (Fsp3) is 0.579. The lowest BCUT2D eigenvalue weighted by molar-refractivity contribution is -0.146. The molecule has 1 aliphatic heterocycles. The summed E-state index contributed by atoms with van der Waals surface area (Å²) >= 11 is 0. The monoisotopic (exact) mass is 347 g/mol. The van der Waals surface area contributed by atoms with E-state index in [1.807, 2.05) is 32.0 Å². The first-order valence-corrected chi connectivity index (χ1v) is 8.75. The van der Waals surface area contributed by atoms with Gasteiger partial charge in [0.25, 0.3) is 0 Å². The van der Waals surface area contributed by atoms with Crippen molar-refractivity contribution in [3.8, 4) is 5.75 Å². The predicted molar refractivity (Wildman–Crippen MR) is 97.4 cm³/mol. The molecule has 1 aliphatic rings. The number of carbonyl (C=O) groups excluding carboxylic acids is 2. The SMILES string of the molecule is CC(=O)N1CCN(Cc2ccccc2OC(C)C)C[C@@H]1C(=O)N(C)C. The second-order valence-corrected chi connectivity index (χ2v) is 6.97. The van der Waals surface area contributed by atoms with Crippen LogP contribution < -0.4 is 4.74 Å². The van der Waals surface area contributed by atoms with E-state index in [0.717, 1.165) is 17.9 Å². The lowest BCUT2D eigenvalue weighted by atomic mass is 10.1. The van der Waals surface area contributed by atoms with Crippen LogP contribution in [0.15, 0.2) is 24.3 Å². The summed E-state index contributed by atoms with van der Waals surface area (Å²) in [6.07, 6.45) is 0.110. The molecule has 0 N–H and O–H groups in total. The Labute approximate surface area is 150 Å². The maximum Gasteiger partial charge on any atom is 0.246 e. The van der Waals surface area contributed by atoms with Gasteiger partial charge in [0.05, 0.1) is 6.10 Å². The van der Waals surface area contributed by atoms with Gasteiger partial charge >= 0.3 is 0 Å². The molecule has 1 aromatic carbocycles. The summed E-state index contributed by atoms with van der Waals surface area (Å²) in [6, 6.07) is 7.56. The Morgan fingerprint density at radius 3 is 2.52 bits per heavy atom. The highest BCUT2D eigenvalue weighted by Gasteiger charge is 2.34. The summed E-state index contributed by atoms with van der Waals surface area (Å²) in [4.78, 5) is 29.8. The van der Waals surface area contributed by atoms with Crippen LogP contribution in [0, 0.1) is 0 Å². The van der Waals surface area contributed by atoms with E-state index in [1.165, 1.54) is 6.92 Å². The predicted octanol–water partition coefficient (Wildman–Crippen LogP) is 1.59. The van der Waals surface area contributed by atoms with Crippen molar-refractivity contribution in [1.82, 2.24) is 14.7 Å². The normalized spacial score (nSPS) is 18.3. The van der Waals surface area contributed by atoms with Crippen molar-refractivity contribution in [2.45, 2.75) is 39.5 Å². The van der Waals surface area contributed by atoms with Crippen molar-refractivity contribution >= 4 is 11.8 Å². The molecule has 0 bridgehead atoms. The highest BCUT2D eigenvalue weighted by atomic mass is 16.5. The average molecular weight is 347 g/mol. The maximum absolute atomic E-state index is 12.5. The molecule has 2 rings (SSSR count). The summed E-state index contributed by atoms with van der Waals surface area (Å²) in [7, 11) is 3.46. The number of para-hydroxylation sites is 1. The molecule has 0 radical (unpaired) electrons. The molecule has 1 atom stereocenters. The Morgan fingerprint density at radius 2 is 1.92 bits per heavy atom. The van der Waals surface area contributed by atoms with Crippen molar-refractivity contribution in [3.05, 3.63) is 29.8 Å². The number of ether oxygens (including phenoxy) is 1. The van der Waals surface area contributed by atoms with Crippen molar-refractivity contribution in [3.63, 3.8) is 0 Å². The Hall–Kier alpha value is -2.08. The number of rotatable bonds is 5. The minimum atomic E-state index is -0.431. The van der Waals surface area contributed by atoms with Gasteiger partial charge in [-0.25, -0.2) is 0 Å². The summed E-state index contributed by atoms with van der Waals surface area (Å²) in [5.74, 6) is 0.789. The third-order valence-electron chi connectivity index (χ3n) is 4.32. The van der Waals surface area contributed by atoms with Gasteiger partial charge in [-0.1, -0.05) is 18.2 Å². The van der Waals surface area contributed by atoms with Crippen LogP contribution in [-0.2, 0) is 16.1 Å². The molecule has 25 heavy (non-hydrogen) atoms. The van der Waals surface area contributed by atoms with Gasteiger partial charge in [-0.15, -0.1) is 0 Å². The van der Waals surface area contributed by atoms with Crippen LogP contribution in [0.25, 0.3) is 0 Å². The molecule has 0 aliphatic carbocycles. The van der Waals surface area contributed by atoms with E-state index in [4.69, 9.17) is 4.74 Å². The number of hydrogen-bond donors (Lipinski definition) is 0. The molecule has 0 unspecified atom stereocenters. The van der Waals surface area contributed by atoms with Crippen LogP contribution in [0.5, 0.6) is 5.75 Å². The number of hydrogen-bond acceptors (Lipinski definition) is 4. The minimum absolute atomic E-state index is 0.0355. The number of carbonyl (C=O) groups is 2. The number of benzene rings is 1. The molecule has 1 aromatic rings. The number of nitrogens with zero attached hydrogens (tertiary/aromatic N) is 3. The summed E-state index contributed by atoms with van der Waals surface area (Å²) in [6.45, 7) is 8.08. The van der Waals surface area contributed by atoms with Crippen molar-refractivity contribution < 1.29 is 14.3 Å². The van der Waals surface area contributed by atoms with E-state index < -0.39 is 6.04 Å². The van der Waals surface area contributed by atoms with Gasteiger partial charge < -0.3 is 14.5 Å². The zero-order valence-electron chi connectivity index (χ0n) is 15.9. The number of amides is 2. The second kappa shape index (κ2) is 8.34. The standard InChI is InChI=1S/C19H29N3O3/c1-14(2)25-18-9-7-6-8-16(18)12-21-10-11-22(15(3)23)17(13-21)19(24)20(4)5/h6-9,14,17H,10-13H2,1-5H3/t17-/m1/s1. The maximum atomic E-state index is 12.5. The first-order valence-electron chi connectivity index (χ1n) is 8.75. The van der Waals surface area contributed by atoms with Crippen molar-refractivity contribution in [1.29, 1.82) is 0 Å². The third-order valence-corrected chi connectivity index (χ3v) is 4.32. The molecule has 0 saturated carbocycles. The number of likely N-dealkylation sites (N-methyl/N-ethyl adjacent to an activating group) is 1. The molecular formula is C19H29N3O3. The fourth-order valence-electron chi connectivity index (χ4n) is 3.11. The van der Waals surface area contributed by atoms with Crippen LogP contribution in [0.4, 0.5) is 0 Å². The fourth-order valence-corrected chi connectivity index (χ4v) is 3.11. The molecule has 1 heterocycles. The van der Waals surface area contributed by atoms with Gasteiger partial charge in [0, 0.05) is 52.8 Å². The highest BCUT2D eigenvalue weighted by Crippen LogP contribution is 2.23. The van der Waals surface area contributed by atoms with E-state index in [1.54, 1.807) is 23.9 Å². The second-order valence-electron chi connectivity index (χ2n) is 6.97. The van der Waals surface area contributed by atoms with Crippen LogP contribution in [-0.4, -0.2) is 72.4 Å². The Bertz CT molecular complexity index is 616. The van der Waals surface area contributed by atoms with Gasteiger partial charge in [0.15, 0.2) is 0 Å². The smallest absolute Gasteiger partial charge is 0.246 e. The van der Waals surface area contributed by atoms with Gasteiger partial charge in [0.1, 0.15) is 11.8 Å². The van der Waals surface area contributed by atoms with E-state index in [0.29, 0.717) is 19.6 Å². The van der Waals surface area contributed by atoms with E-state index in [-0.39, 0.29) is 17.9 Å². The number of piperazine rings is 1. The molecular weight excluding hydrogens is 318 g/mol. The van der Waals surface area contributed by atoms with E-state index in [9.17, 15) is 9.59 Å². The molecule has 1 fully saturated rings. The van der Waals surface area contributed by atoms with Crippen LogP contribution >= 0.6 is 0 Å². The summed E-state index contributed by atoms with van der Waals surface area (Å²) in [5.41, 5.74) is 1.10. The summed E-state index contributed by atoms with van der Waals surface area (Å²) < 4.78 is 5.89. The first kappa shape index (κ1) is 19.2. The van der Waals surface area contributed by atoms with Crippen LogP contribution in [0.3, 0.4) is 0 Å². The van der Waals surface area contributed by atoms with Gasteiger partial charge in [-0.05, 0) is 19.9 Å². The zero-order chi connectivity index (χ0) is 18.6. The lowest BCUT2D eigenvalue weighted by Gasteiger charge is -2.41. The quantitative estimate of drug-likeness (QED) is 0.812. The minimum Gasteiger partial charge on any atom is -0.491 e. The Balaban J connectivity index is 2.14. The van der Waals surface area contributed by atoms with Gasteiger partial charge in [0.2, 0.25) is 11.8 Å². The van der Waals surface area contributed by atoms with E-state index >= 15 is 0 Å². The van der Waals surface area contributed by atoms with Crippen LogP contribution in [0.1, 0.15) is 26.3 Å². The summed E-state index contributed by atoms with van der Waals surface area (Å²) in [5, 5.41) is 0. The van der Waals surface area contributed by atoms with Crippen LogP contribution in [0.2, 0.25) is 0 Å². The molecule has 0 aromatic heterocycles. The third kappa shape index (κ3) is 4.95. The van der Waals surface area contributed by atoms with Gasteiger partial charge in [-0.3, -0.25) is 14.5 Å². The lowest BCUT2D eigenvalue weighted by Crippen LogP contribution is -2.59. The molecule has 2 amide bonds. The molecule has 6 nitrogen and oxygen atoms in total. The van der Waals surface area contributed by atoms with Gasteiger partial charge in [-0.2, -0.15) is 0 Å². The molecule has 1 saturated heterocycles. The van der Waals surface area contributed by atoms with E-state index in [2.05, 4.69) is 11.0 Å². The first-order chi connectivity index (χ1) is 11.8. The molecule has 0 spiro atoms. The highest BCUT2D eigenvalue weighted by molar-refractivity contribution is 5.87.